The summed E-state index contributed by atoms with van der Waals surface area (Å²) in [7, 11) is -4.64. The number of para-hydroxylation sites is 1. The number of carbonyl (C=O) groups is 1. The Hall–Kier alpha value is -2.48. The van der Waals surface area contributed by atoms with Gasteiger partial charge < -0.3 is 19.4 Å². The summed E-state index contributed by atoms with van der Waals surface area (Å²) in [5, 5.41) is 9.43. The van der Waals surface area contributed by atoms with E-state index >= 15 is 0 Å². The molecule has 0 aliphatic carbocycles. The van der Waals surface area contributed by atoms with Crippen molar-refractivity contribution in [2.45, 2.75) is 0 Å². The quantitative estimate of drug-likeness (QED) is 0.120. The molecule has 0 aliphatic rings. The molecule has 0 fully saturated rings. The van der Waals surface area contributed by atoms with Crippen molar-refractivity contribution in [2.24, 2.45) is 0 Å². The van der Waals surface area contributed by atoms with Gasteiger partial charge in [-0.1, -0.05) is 76.6 Å². The van der Waals surface area contributed by atoms with E-state index in [9.17, 15) is 19.4 Å². The number of phenolic OH excluding ortho intramolecular Hbond substituents is 1. The van der Waals surface area contributed by atoms with Crippen molar-refractivity contribution < 1.29 is 58.3 Å². The predicted molar refractivity (Wildman–Crippen MR) is 138 cm³/mol. The third-order valence-corrected chi connectivity index (χ3v) is 5.57. The van der Waals surface area contributed by atoms with E-state index in [4.69, 9.17) is 4.89 Å². The second-order valence-corrected chi connectivity index (χ2v) is 9.26. The number of allylic oxidation sites excluding steroid dienone is 1. The van der Waals surface area contributed by atoms with Crippen molar-refractivity contribution in [3.8, 4) is 11.5 Å². The molecule has 0 amide bonds. The van der Waals surface area contributed by atoms with Gasteiger partial charge in [-0.3, -0.25) is 9.36 Å². The number of phosphoric acid groups is 1. The van der Waals surface area contributed by atoms with Crippen molar-refractivity contribution in [3.63, 3.8) is 0 Å². The van der Waals surface area contributed by atoms with Crippen LogP contribution in [0.3, 0.4) is 0 Å². The number of hydrogen-bond acceptors (Lipinski definition) is 5. The van der Waals surface area contributed by atoms with E-state index in [2.05, 4.69) is 20.5 Å². The number of aromatic hydroxyl groups is 1. The molecule has 4 rings (SSSR count). The van der Waals surface area contributed by atoms with E-state index in [-0.39, 0.29) is 46.8 Å². The van der Waals surface area contributed by atoms with Crippen LogP contribution in [0.5, 0.6) is 11.5 Å². The molecule has 0 bridgehead atoms. The number of halogens is 1. The molecule has 0 aromatic heterocycles. The first-order chi connectivity index (χ1) is 16.7. The maximum Gasteiger partial charge on any atom is 1.00 e. The first-order valence-corrected chi connectivity index (χ1v) is 12.6. The Morgan fingerprint density at radius 1 is 0.806 bits per heavy atom. The van der Waals surface area contributed by atoms with Crippen LogP contribution in [0.4, 0.5) is 0 Å². The van der Waals surface area contributed by atoms with Gasteiger partial charge in [0.15, 0.2) is 5.78 Å². The summed E-state index contributed by atoms with van der Waals surface area (Å²) < 4.78 is 15.3. The molecule has 178 valence electrons. The zero-order valence-corrected chi connectivity index (χ0v) is 23.8. The van der Waals surface area contributed by atoms with Crippen LogP contribution < -0.4 is 39.0 Å². The van der Waals surface area contributed by atoms with E-state index in [1.165, 1.54) is 24.3 Å². The van der Waals surface area contributed by atoms with Crippen molar-refractivity contribution >= 4 is 41.2 Å². The third kappa shape index (κ3) is 9.88. The topological polar surface area (TPSA) is 107 Å². The Bertz CT molecular complexity index is 1320. The molecule has 1 unspecified atom stereocenters. The summed E-state index contributed by atoms with van der Waals surface area (Å²) in [6.07, 6.45) is 1.89. The van der Waals surface area contributed by atoms with Gasteiger partial charge in [-0.05, 0) is 65.7 Å². The van der Waals surface area contributed by atoms with Gasteiger partial charge in [0.25, 0.3) is 0 Å². The minimum atomic E-state index is -4.64. The first kappa shape index (κ1) is 29.7. The maximum absolute atomic E-state index is 13.0. The predicted octanol–water partition coefficient (Wildman–Crippen LogP) is 3.11. The van der Waals surface area contributed by atoms with Gasteiger partial charge in [0.05, 0.1) is 0 Å². The van der Waals surface area contributed by atoms with Crippen molar-refractivity contribution in [2.75, 3.05) is 0 Å². The van der Waals surface area contributed by atoms with Crippen LogP contribution in [0.1, 0.15) is 21.5 Å². The number of ketones is 1. The van der Waals surface area contributed by atoms with Crippen molar-refractivity contribution in [1.82, 2.24) is 0 Å². The average molecular weight is 575 g/mol. The number of benzene rings is 4. The Balaban J connectivity index is 0.000000321. The van der Waals surface area contributed by atoms with E-state index in [0.717, 1.165) is 15.6 Å². The molecule has 0 saturated carbocycles. The van der Waals surface area contributed by atoms with Crippen molar-refractivity contribution in [1.29, 1.82) is 0 Å². The molecule has 0 spiro atoms. The molecule has 0 aliphatic heterocycles. The SMILES string of the molecule is O=C(/C(=C/c1ccccc1)c1ccc(Br)cc1)c1ccc(O)cc1.O=P([O-])(O)Oc1ccccc1.[Na+]. The minimum absolute atomic E-state index is 0. The molecule has 2 N–H and O–H groups in total. The Morgan fingerprint density at radius 2 is 1.31 bits per heavy atom. The monoisotopic (exact) mass is 574 g/mol. The number of Topliss-reactive ketones (excluding diaryl/α,β-unsaturated/α-hetero) is 1. The van der Waals surface area contributed by atoms with Gasteiger partial charge in [0.2, 0.25) is 0 Å². The number of phenols is 1. The Morgan fingerprint density at radius 3 is 1.83 bits per heavy atom. The van der Waals surface area contributed by atoms with Crippen LogP contribution in [0, 0.1) is 0 Å². The molecule has 4 aromatic rings. The number of carbonyl (C=O) groups excluding carboxylic acids is 1. The fraction of sp³-hybridized carbons (Fsp3) is 0. The zero-order valence-electron chi connectivity index (χ0n) is 19.3. The average Bonchev–Trinajstić information content (AvgIpc) is 2.84. The molecular formula is C27H21BrNaO6P. The summed E-state index contributed by atoms with van der Waals surface area (Å²) in [4.78, 5) is 31.4. The Labute approximate surface area is 240 Å². The van der Waals surface area contributed by atoms with Crippen LogP contribution in [0.15, 0.2) is 114 Å². The molecular weight excluding hydrogens is 554 g/mol. The largest absolute Gasteiger partial charge is 1.00 e. The second-order valence-electron chi connectivity index (χ2n) is 7.22. The molecule has 4 aromatic carbocycles. The fourth-order valence-corrected chi connectivity index (χ4v) is 3.66. The van der Waals surface area contributed by atoms with E-state index in [0.29, 0.717) is 11.1 Å². The number of hydrogen-bond donors (Lipinski definition) is 2. The molecule has 36 heavy (non-hydrogen) atoms. The van der Waals surface area contributed by atoms with Gasteiger partial charge in [-0.2, -0.15) is 0 Å². The van der Waals surface area contributed by atoms with E-state index in [1.807, 2.05) is 60.7 Å². The maximum atomic E-state index is 13.0. The third-order valence-electron chi connectivity index (χ3n) is 4.60. The van der Waals surface area contributed by atoms with Crippen LogP contribution >= 0.6 is 23.8 Å². The van der Waals surface area contributed by atoms with Crippen LogP contribution in [0.2, 0.25) is 0 Å². The molecule has 0 radical (unpaired) electrons. The van der Waals surface area contributed by atoms with Gasteiger partial charge in [0.1, 0.15) is 11.5 Å². The number of phosphoric ester groups is 1. The molecule has 0 heterocycles. The van der Waals surface area contributed by atoms with Gasteiger partial charge >= 0.3 is 37.4 Å². The number of rotatable bonds is 6. The Kier molecular flexibility index (Phi) is 11.8. The minimum Gasteiger partial charge on any atom is -0.746 e. The second kappa shape index (κ2) is 14.3. The van der Waals surface area contributed by atoms with E-state index < -0.39 is 7.82 Å². The van der Waals surface area contributed by atoms with Gasteiger partial charge in [-0.15, -0.1) is 0 Å². The molecule has 6 nitrogen and oxygen atoms in total. The summed E-state index contributed by atoms with van der Waals surface area (Å²) in [5.41, 5.74) is 2.96. The molecule has 1 atom stereocenters. The zero-order chi connectivity index (χ0) is 25.3. The standard InChI is InChI=1S/C21H15BrO2.C6H7O4P.Na/c22-18-10-6-16(7-11-18)20(14-15-4-2-1-3-5-15)21(24)17-8-12-19(23)13-9-17;7-11(8,9)10-6-4-2-1-3-5-6;/h1-14,23H;1-5H,(H2,7,8,9);/q;;+1/p-1/b20-14+;;. The fourth-order valence-electron chi connectivity index (χ4n) is 3.01. The first-order valence-electron chi connectivity index (χ1n) is 10.4. The van der Waals surface area contributed by atoms with Gasteiger partial charge in [-0.25, -0.2) is 0 Å². The van der Waals surface area contributed by atoms with Crippen LogP contribution in [0.25, 0.3) is 11.6 Å². The summed E-state index contributed by atoms with van der Waals surface area (Å²) >= 11 is 3.42. The smallest absolute Gasteiger partial charge is 0.746 e. The van der Waals surface area contributed by atoms with Crippen molar-refractivity contribution in [3.05, 3.63) is 130 Å². The normalized spacial score (nSPS) is 12.2. The molecule has 0 saturated heterocycles. The summed E-state index contributed by atoms with van der Waals surface area (Å²) in [6.45, 7) is 0. The summed E-state index contributed by atoms with van der Waals surface area (Å²) in [6, 6.07) is 31.5. The van der Waals surface area contributed by atoms with Crippen LogP contribution in [-0.4, -0.2) is 15.8 Å². The van der Waals surface area contributed by atoms with Crippen LogP contribution in [-0.2, 0) is 4.57 Å². The van der Waals surface area contributed by atoms with Gasteiger partial charge in [0, 0.05) is 15.6 Å². The van der Waals surface area contributed by atoms with E-state index in [1.54, 1.807) is 30.3 Å². The molecule has 9 heteroatoms. The summed E-state index contributed by atoms with van der Waals surface area (Å²) in [5.74, 6) is 0.165.